The van der Waals surface area contributed by atoms with Crippen molar-refractivity contribution >= 4 is 21.4 Å². The number of halogens is 1. The Hall–Kier alpha value is -0.550. The normalized spacial score (nSPS) is 27.9. The first-order chi connectivity index (χ1) is 8.55. The molecule has 1 saturated heterocycles. The zero-order chi connectivity index (χ0) is 12.8. The van der Waals surface area contributed by atoms with E-state index in [0.717, 1.165) is 5.69 Å². The maximum absolute atomic E-state index is 11.5. The second kappa shape index (κ2) is 4.53. The predicted octanol–water partition coefficient (Wildman–Crippen LogP) is 2.55. The Morgan fingerprint density at radius 1 is 1.28 bits per heavy atom. The fourth-order valence-electron chi connectivity index (χ4n) is 3.03. The van der Waals surface area contributed by atoms with Gasteiger partial charge in [0.25, 0.3) is 0 Å². The van der Waals surface area contributed by atoms with Crippen molar-refractivity contribution in [2.45, 2.75) is 44.1 Å². The van der Waals surface area contributed by atoms with Gasteiger partial charge in [0.15, 0.2) is 9.84 Å². The molecule has 0 radical (unpaired) electrons. The zero-order valence-electron chi connectivity index (χ0n) is 10.2. The maximum atomic E-state index is 11.5. The minimum absolute atomic E-state index is 0.0716. The van der Waals surface area contributed by atoms with Crippen LogP contribution in [0.25, 0.3) is 0 Å². The first kappa shape index (κ1) is 12.5. The highest BCUT2D eigenvalue weighted by Crippen LogP contribution is 2.36. The van der Waals surface area contributed by atoms with Crippen LogP contribution in [0.5, 0.6) is 0 Å². The molecule has 2 aliphatic rings. The summed E-state index contributed by atoms with van der Waals surface area (Å²) in [5, 5.41) is 5.14. The number of hydrogen-bond acceptors (Lipinski definition) is 3. The summed E-state index contributed by atoms with van der Waals surface area (Å²) >= 11 is 6.20. The van der Waals surface area contributed by atoms with Crippen molar-refractivity contribution in [3.05, 3.63) is 16.9 Å². The van der Waals surface area contributed by atoms with Crippen molar-refractivity contribution in [1.82, 2.24) is 9.78 Å². The summed E-state index contributed by atoms with van der Waals surface area (Å²) in [4.78, 5) is 0. The van der Waals surface area contributed by atoms with Gasteiger partial charge in [0.1, 0.15) is 5.15 Å². The van der Waals surface area contributed by atoms with Crippen LogP contribution in [0.3, 0.4) is 0 Å². The molecule has 18 heavy (non-hydrogen) atoms. The van der Waals surface area contributed by atoms with Gasteiger partial charge in [-0.25, -0.2) is 13.1 Å². The molecule has 2 heterocycles. The largest absolute Gasteiger partial charge is 0.250 e. The van der Waals surface area contributed by atoms with Crippen LogP contribution in [0.1, 0.15) is 49.8 Å². The molecule has 4 nitrogen and oxygen atoms in total. The summed E-state index contributed by atoms with van der Waals surface area (Å²) in [5.74, 6) is 0.951. The molecular formula is C12H17ClN2O2S. The Kier molecular flexibility index (Phi) is 3.14. The average Bonchev–Trinajstić information content (AvgIpc) is 2.97. The molecule has 0 aromatic carbocycles. The third-order valence-corrected chi connectivity index (χ3v) is 6.07. The number of nitrogens with zero attached hydrogens (tertiary/aromatic N) is 2. The molecule has 0 bridgehead atoms. The molecule has 1 unspecified atom stereocenters. The fourth-order valence-corrected chi connectivity index (χ4v) is 5.01. The number of rotatable bonds is 2. The first-order valence-corrected chi connectivity index (χ1v) is 8.70. The number of hydrogen-bond donors (Lipinski definition) is 0. The standard InChI is InChI=1S/C12H17ClN2O2S/c13-12-7-11(9-3-1-2-4-9)14-15(12)10-5-6-18(16,17)8-10/h7,9-10H,1-6,8H2. The van der Waals surface area contributed by atoms with Gasteiger partial charge >= 0.3 is 0 Å². The van der Waals surface area contributed by atoms with E-state index in [9.17, 15) is 8.42 Å². The second-order valence-corrected chi connectivity index (χ2v) is 7.99. The molecule has 0 spiro atoms. The quantitative estimate of drug-likeness (QED) is 0.840. The number of sulfone groups is 1. The van der Waals surface area contributed by atoms with Crippen LogP contribution in [0, 0.1) is 0 Å². The van der Waals surface area contributed by atoms with Gasteiger partial charge in [-0.05, 0) is 25.3 Å². The van der Waals surface area contributed by atoms with E-state index in [1.807, 2.05) is 6.07 Å². The third kappa shape index (κ3) is 2.30. The minimum Gasteiger partial charge on any atom is -0.250 e. The second-order valence-electron chi connectivity index (χ2n) is 5.37. The van der Waals surface area contributed by atoms with Gasteiger partial charge in [-0.15, -0.1) is 0 Å². The van der Waals surface area contributed by atoms with Gasteiger partial charge in [-0.3, -0.25) is 0 Å². The van der Waals surface area contributed by atoms with Gasteiger partial charge in [0, 0.05) is 5.92 Å². The van der Waals surface area contributed by atoms with Crippen LogP contribution in [-0.2, 0) is 9.84 Å². The lowest BCUT2D eigenvalue weighted by Gasteiger charge is -2.10. The molecule has 1 saturated carbocycles. The molecule has 6 heteroatoms. The van der Waals surface area contributed by atoms with Crippen molar-refractivity contribution in [3.8, 4) is 0 Å². The van der Waals surface area contributed by atoms with Crippen LogP contribution in [0.2, 0.25) is 5.15 Å². The lowest BCUT2D eigenvalue weighted by atomic mass is 10.1. The van der Waals surface area contributed by atoms with Gasteiger partial charge in [0.2, 0.25) is 0 Å². The van der Waals surface area contributed by atoms with Crippen molar-refractivity contribution in [2.75, 3.05) is 11.5 Å². The van der Waals surface area contributed by atoms with Crippen molar-refractivity contribution in [1.29, 1.82) is 0 Å². The summed E-state index contributed by atoms with van der Waals surface area (Å²) in [5.41, 5.74) is 1.04. The highest BCUT2D eigenvalue weighted by atomic mass is 35.5. The highest BCUT2D eigenvalue weighted by molar-refractivity contribution is 7.91. The molecule has 1 atom stereocenters. The maximum Gasteiger partial charge on any atom is 0.152 e. The molecular weight excluding hydrogens is 272 g/mol. The fraction of sp³-hybridized carbons (Fsp3) is 0.750. The van der Waals surface area contributed by atoms with Gasteiger partial charge in [-0.1, -0.05) is 24.4 Å². The molecule has 2 fully saturated rings. The Morgan fingerprint density at radius 2 is 2.00 bits per heavy atom. The summed E-state index contributed by atoms with van der Waals surface area (Å²) in [6, 6.07) is 1.85. The zero-order valence-corrected chi connectivity index (χ0v) is 11.8. The van der Waals surface area contributed by atoms with Crippen molar-refractivity contribution in [2.24, 2.45) is 0 Å². The average molecular weight is 289 g/mol. The van der Waals surface area contributed by atoms with E-state index in [1.54, 1.807) is 4.68 Å². The van der Waals surface area contributed by atoms with Crippen molar-refractivity contribution < 1.29 is 8.42 Å². The summed E-state index contributed by atoms with van der Waals surface area (Å²) < 4.78 is 24.7. The molecule has 100 valence electrons. The van der Waals surface area contributed by atoms with Gasteiger partial charge < -0.3 is 0 Å². The Morgan fingerprint density at radius 3 is 2.61 bits per heavy atom. The van der Waals surface area contributed by atoms with Crippen LogP contribution in [-0.4, -0.2) is 29.7 Å². The van der Waals surface area contributed by atoms with E-state index < -0.39 is 9.84 Å². The van der Waals surface area contributed by atoms with E-state index in [0.29, 0.717) is 17.5 Å². The molecule has 0 amide bonds. The van der Waals surface area contributed by atoms with E-state index in [1.165, 1.54) is 25.7 Å². The smallest absolute Gasteiger partial charge is 0.152 e. The molecule has 1 aliphatic carbocycles. The Bertz CT molecular complexity index is 546. The molecule has 1 aromatic rings. The minimum atomic E-state index is -2.89. The molecule has 1 aliphatic heterocycles. The van der Waals surface area contributed by atoms with E-state index in [-0.39, 0.29) is 17.5 Å². The van der Waals surface area contributed by atoms with Crippen LogP contribution in [0.15, 0.2) is 6.07 Å². The van der Waals surface area contributed by atoms with Gasteiger partial charge in [-0.2, -0.15) is 5.10 Å². The molecule has 3 rings (SSSR count). The first-order valence-electron chi connectivity index (χ1n) is 6.50. The monoisotopic (exact) mass is 288 g/mol. The number of aromatic nitrogens is 2. The van der Waals surface area contributed by atoms with E-state index in [4.69, 9.17) is 11.6 Å². The molecule has 0 N–H and O–H groups in total. The predicted molar refractivity (Wildman–Crippen MR) is 70.8 cm³/mol. The van der Waals surface area contributed by atoms with E-state index >= 15 is 0 Å². The summed E-state index contributed by atoms with van der Waals surface area (Å²) in [6.45, 7) is 0. The third-order valence-electron chi connectivity index (χ3n) is 4.04. The highest BCUT2D eigenvalue weighted by Gasteiger charge is 2.32. The lowest BCUT2D eigenvalue weighted by Crippen LogP contribution is -2.13. The van der Waals surface area contributed by atoms with Crippen LogP contribution < -0.4 is 0 Å². The van der Waals surface area contributed by atoms with E-state index in [2.05, 4.69) is 5.10 Å². The Balaban J connectivity index is 1.84. The SMILES string of the molecule is O=S1(=O)CCC(n2nc(C3CCCC3)cc2Cl)C1. The topological polar surface area (TPSA) is 52.0 Å². The summed E-state index contributed by atoms with van der Waals surface area (Å²) in [6.07, 6.45) is 5.50. The van der Waals surface area contributed by atoms with Gasteiger partial charge in [0.05, 0.1) is 23.2 Å². The lowest BCUT2D eigenvalue weighted by molar-refractivity contribution is 0.490. The van der Waals surface area contributed by atoms with Crippen LogP contribution >= 0.6 is 11.6 Å². The van der Waals surface area contributed by atoms with Crippen molar-refractivity contribution in [3.63, 3.8) is 0 Å². The summed E-state index contributed by atoms with van der Waals surface area (Å²) in [7, 11) is -2.89. The Labute approximate surface area is 112 Å². The van der Waals surface area contributed by atoms with Crippen LogP contribution in [0.4, 0.5) is 0 Å². The molecule has 1 aromatic heterocycles.